The normalized spacial score (nSPS) is 19.3. The maximum atomic E-state index is 11.9. The van der Waals surface area contributed by atoms with Crippen molar-refractivity contribution in [2.45, 2.75) is 38.8 Å². The average Bonchev–Trinajstić information content (AvgIpc) is 3.67. The molecule has 1 saturated carbocycles. The van der Waals surface area contributed by atoms with Crippen LogP contribution >= 0.6 is 0 Å². The largest absolute Gasteiger partial charge is 0.496 e. The minimum Gasteiger partial charge on any atom is -0.496 e. The van der Waals surface area contributed by atoms with Gasteiger partial charge in [0.1, 0.15) is 21.4 Å². The summed E-state index contributed by atoms with van der Waals surface area (Å²) in [5, 5.41) is 5.68. The fourth-order valence-corrected chi connectivity index (χ4v) is 6.61. The summed E-state index contributed by atoms with van der Waals surface area (Å²) < 4.78 is 31.3. The molecule has 0 spiro atoms. The van der Waals surface area contributed by atoms with Crippen LogP contribution in [0.5, 0.6) is 5.75 Å². The van der Waals surface area contributed by atoms with Gasteiger partial charge in [0.05, 0.1) is 35.8 Å². The van der Waals surface area contributed by atoms with Crippen molar-refractivity contribution in [1.29, 1.82) is 0 Å². The molecule has 204 valence electrons. The Morgan fingerprint density at radius 1 is 1.15 bits per heavy atom. The highest BCUT2D eigenvalue weighted by atomic mass is 32.2. The van der Waals surface area contributed by atoms with Crippen molar-refractivity contribution in [3.05, 3.63) is 48.5 Å². The highest BCUT2D eigenvalue weighted by molar-refractivity contribution is 7.90. The van der Waals surface area contributed by atoms with E-state index in [0.717, 1.165) is 52.2 Å². The highest BCUT2D eigenvalue weighted by Gasteiger charge is 2.38. The van der Waals surface area contributed by atoms with E-state index in [-0.39, 0.29) is 17.7 Å². The molecule has 0 unspecified atom stereocenters. The van der Waals surface area contributed by atoms with Crippen LogP contribution in [-0.4, -0.2) is 77.9 Å². The number of fused-ring (bicyclic) bond motifs is 1. The van der Waals surface area contributed by atoms with Crippen molar-refractivity contribution in [2.24, 2.45) is 5.92 Å². The number of sulfone groups is 1. The lowest BCUT2D eigenvalue weighted by Gasteiger charge is -2.48. The van der Waals surface area contributed by atoms with Gasteiger partial charge in [0, 0.05) is 79.1 Å². The maximum absolute atomic E-state index is 11.9. The van der Waals surface area contributed by atoms with E-state index < -0.39 is 9.84 Å². The maximum Gasteiger partial charge on any atom is 0.158 e. The zero-order valence-electron chi connectivity index (χ0n) is 22.9. The first-order valence-corrected chi connectivity index (χ1v) is 15.2. The molecule has 6 rings (SSSR count). The first-order valence-electron chi connectivity index (χ1n) is 13.2. The molecule has 2 fully saturated rings. The number of ether oxygens (including phenoxy) is 1. The van der Waals surface area contributed by atoms with Crippen LogP contribution in [-0.2, 0) is 9.84 Å². The number of hydrogen-bond acceptors (Lipinski definition) is 9. The molecule has 1 aliphatic carbocycles. The van der Waals surface area contributed by atoms with E-state index >= 15 is 0 Å². The summed E-state index contributed by atoms with van der Waals surface area (Å²) in [7, 11) is 0.691. The van der Waals surface area contributed by atoms with E-state index in [4.69, 9.17) is 19.8 Å². The molecule has 5 heterocycles. The predicted octanol–water partition coefficient (Wildman–Crippen LogP) is 3.66. The van der Waals surface area contributed by atoms with Gasteiger partial charge < -0.3 is 14.5 Å². The van der Waals surface area contributed by atoms with Gasteiger partial charge in [-0.2, -0.15) is 5.10 Å². The molecule has 0 amide bonds. The number of anilines is 2. The summed E-state index contributed by atoms with van der Waals surface area (Å²) in [5.74, 6) is 2.60. The second kappa shape index (κ2) is 9.48. The van der Waals surface area contributed by atoms with Crippen molar-refractivity contribution in [3.63, 3.8) is 0 Å². The van der Waals surface area contributed by atoms with Crippen LogP contribution in [0.15, 0.2) is 42.9 Å². The lowest BCUT2D eigenvalue weighted by molar-refractivity contribution is 0.341. The number of nitrogens with zero attached hydrogens (tertiary/aromatic N) is 7. The van der Waals surface area contributed by atoms with E-state index in [0.29, 0.717) is 24.2 Å². The Hall–Kier alpha value is -3.73. The molecule has 1 saturated heterocycles. The molecular formula is C28H33N7O3S. The van der Waals surface area contributed by atoms with Crippen LogP contribution in [0.2, 0.25) is 0 Å². The average molecular weight is 548 g/mol. The van der Waals surface area contributed by atoms with Gasteiger partial charge in [0.15, 0.2) is 5.82 Å². The van der Waals surface area contributed by atoms with Crippen molar-refractivity contribution >= 4 is 32.2 Å². The first kappa shape index (κ1) is 25.5. The smallest absolute Gasteiger partial charge is 0.158 e. The Labute approximate surface area is 228 Å². The van der Waals surface area contributed by atoms with Crippen LogP contribution in [0.25, 0.3) is 28.0 Å². The minimum atomic E-state index is -3.03. The highest BCUT2D eigenvalue weighted by Crippen LogP contribution is 2.38. The summed E-state index contributed by atoms with van der Waals surface area (Å²) in [5.41, 5.74) is 4.31. The molecule has 0 radical (unpaired) electrons. The van der Waals surface area contributed by atoms with Gasteiger partial charge in [-0.3, -0.25) is 9.97 Å². The molecule has 2 atom stereocenters. The first-order chi connectivity index (χ1) is 18.6. The zero-order valence-corrected chi connectivity index (χ0v) is 23.7. The van der Waals surface area contributed by atoms with Gasteiger partial charge in [-0.25, -0.2) is 18.1 Å². The monoisotopic (exact) mass is 547 g/mol. The molecule has 2 aliphatic rings. The van der Waals surface area contributed by atoms with Gasteiger partial charge in [-0.1, -0.05) is 0 Å². The Kier molecular flexibility index (Phi) is 6.21. The van der Waals surface area contributed by atoms with Gasteiger partial charge in [-0.05, 0) is 38.8 Å². The Balaban J connectivity index is 1.44. The Bertz CT molecular complexity index is 1670. The van der Waals surface area contributed by atoms with E-state index in [9.17, 15) is 8.42 Å². The second-order valence-corrected chi connectivity index (χ2v) is 13.0. The van der Waals surface area contributed by atoms with Gasteiger partial charge in [-0.15, -0.1) is 0 Å². The van der Waals surface area contributed by atoms with E-state index in [1.165, 1.54) is 6.26 Å². The van der Waals surface area contributed by atoms with Crippen molar-refractivity contribution in [1.82, 2.24) is 24.7 Å². The summed E-state index contributed by atoms with van der Waals surface area (Å²) in [6.07, 6.45) is 8.90. The quantitative estimate of drug-likeness (QED) is 0.327. The van der Waals surface area contributed by atoms with Gasteiger partial charge in [0.2, 0.25) is 0 Å². The molecule has 0 aromatic carbocycles. The van der Waals surface area contributed by atoms with Crippen LogP contribution < -0.4 is 14.5 Å². The number of hydrogen-bond donors (Lipinski definition) is 0. The van der Waals surface area contributed by atoms with Crippen LogP contribution in [0.1, 0.15) is 25.5 Å². The molecule has 39 heavy (non-hydrogen) atoms. The molecule has 0 N–H and O–H groups in total. The molecule has 11 heteroatoms. The Morgan fingerprint density at radius 3 is 2.64 bits per heavy atom. The van der Waals surface area contributed by atoms with Gasteiger partial charge in [0.25, 0.3) is 0 Å². The summed E-state index contributed by atoms with van der Waals surface area (Å²) in [6.45, 7) is 4.76. The number of aryl methyl sites for hydroxylation is 1. The van der Waals surface area contributed by atoms with Crippen molar-refractivity contribution < 1.29 is 13.2 Å². The predicted molar refractivity (Wildman–Crippen MR) is 153 cm³/mol. The third-order valence-electron chi connectivity index (χ3n) is 7.94. The fourth-order valence-electron chi connectivity index (χ4n) is 5.45. The minimum absolute atomic E-state index is 0.109. The third kappa shape index (κ3) is 4.80. The third-order valence-corrected chi connectivity index (χ3v) is 8.98. The number of pyridine rings is 3. The topological polar surface area (TPSA) is 106 Å². The number of rotatable bonds is 8. The van der Waals surface area contributed by atoms with E-state index in [2.05, 4.69) is 34.8 Å². The molecular weight excluding hydrogens is 514 g/mol. The zero-order chi connectivity index (χ0) is 27.5. The van der Waals surface area contributed by atoms with Crippen LogP contribution in [0.3, 0.4) is 0 Å². The summed E-state index contributed by atoms with van der Waals surface area (Å²) >= 11 is 0. The Morgan fingerprint density at radius 2 is 1.95 bits per heavy atom. The molecule has 1 aliphatic heterocycles. The number of aromatic nitrogens is 5. The SMILES string of the molecule is COc1ccncc1-c1cc2c(cnn2-c2cc(N3C[C@H](CS(C)(=O)=O)[C@H]3C)cc(N(C)C3CC3)n2)c(C)n1. The van der Waals surface area contributed by atoms with Crippen molar-refractivity contribution in [3.8, 4) is 22.8 Å². The molecule has 0 bridgehead atoms. The van der Waals surface area contributed by atoms with Crippen LogP contribution in [0.4, 0.5) is 11.5 Å². The summed E-state index contributed by atoms with van der Waals surface area (Å²) in [6, 6.07) is 8.58. The van der Waals surface area contributed by atoms with E-state index in [1.54, 1.807) is 19.5 Å². The number of methoxy groups -OCH3 is 1. The second-order valence-electron chi connectivity index (χ2n) is 10.8. The fraction of sp³-hybridized carbons (Fsp3) is 0.429. The lowest BCUT2D eigenvalue weighted by atomic mass is 9.91. The van der Waals surface area contributed by atoms with Crippen molar-refractivity contribution in [2.75, 3.05) is 42.5 Å². The molecule has 4 aromatic rings. The van der Waals surface area contributed by atoms with Crippen LogP contribution in [0, 0.1) is 12.8 Å². The summed E-state index contributed by atoms with van der Waals surface area (Å²) in [4.78, 5) is 18.6. The standard InChI is InChI=1S/C28H33N7O3S/c1-17-22-14-30-35(25(22)12-24(31-17)23-13-29-9-8-26(23)38-4)28-11-21(10-27(32-28)33(3)20-6-7-20)34-15-19(18(34)2)16-39(5,36)37/h8-14,18-20H,6-7,15-16H2,1-5H3/t18-,19-/m1/s1. The molecule has 4 aromatic heterocycles. The van der Waals surface area contributed by atoms with E-state index in [1.807, 2.05) is 36.0 Å². The lowest BCUT2D eigenvalue weighted by Crippen LogP contribution is -2.57. The van der Waals surface area contributed by atoms with Gasteiger partial charge >= 0.3 is 0 Å². The molecule has 10 nitrogen and oxygen atoms in total.